The Morgan fingerprint density at radius 2 is 2.00 bits per heavy atom. The number of methoxy groups -OCH3 is 2. The Bertz CT molecular complexity index is 635. The SMILES string of the molecule is COc1ccc(Cc2nc(C3(N)CCC3)no2)cc1OC. The summed E-state index contributed by atoms with van der Waals surface area (Å²) >= 11 is 0. The van der Waals surface area contributed by atoms with Crippen LogP contribution in [0.25, 0.3) is 0 Å². The zero-order chi connectivity index (χ0) is 14.9. The molecule has 21 heavy (non-hydrogen) atoms. The van der Waals surface area contributed by atoms with Gasteiger partial charge in [-0.2, -0.15) is 4.98 Å². The van der Waals surface area contributed by atoms with Gasteiger partial charge in [-0.15, -0.1) is 0 Å². The molecular weight excluding hydrogens is 270 g/mol. The molecule has 0 aliphatic heterocycles. The highest BCUT2D eigenvalue weighted by Gasteiger charge is 2.38. The summed E-state index contributed by atoms with van der Waals surface area (Å²) < 4.78 is 15.8. The summed E-state index contributed by atoms with van der Waals surface area (Å²) in [7, 11) is 3.22. The highest BCUT2D eigenvalue weighted by Crippen LogP contribution is 2.37. The zero-order valence-corrected chi connectivity index (χ0v) is 12.3. The van der Waals surface area contributed by atoms with Crippen LogP contribution in [0.3, 0.4) is 0 Å². The summed E-state index contributed by atoms with van der Waals surface area (Å²) in [6, 6.07) is 5.72. The molecule has 2 N–H and O–H groups in total. The van der Waals surface area contributed by atoms with Crippen molar-refractivity contribution in [3.63, 3.8) is 0 Å². The van der Waals surface area contributed by atoms with Gasteiger partial charge in [-0.25, -0.2) is 0 Å². The molecule has 6 heteroatoms. The quantitative estimate of drug-likeness (QED) is 0.906. The van der Waals surface area contributed by atoms with E-state index in [-0.39, 0.29) is 5.54 Å². The van der Waals surface area contributed by atoms with Crippen LogP contribution >= 0.6 is 0 Å². The maximum atomic E-state index is 6.19. The molecule has 6 nitrogen and oxygen atoms in total. The van der Waals surface area contributed by atoms with Gasteiger partial charge < -0.3 is 19.7 Å². The predicted octanol–water partition coefficient (Wildman–Crippen LogP) is 2.02. The van der Waals surface area contributed by atoms with Crippen LogP contribution in [0.15, 0.2) is 22.7 Å². The average molecular weight is 289 g/mol. The molecule has 1 fully saturated rings. The molecular formula is C15H19N3O3. The topological polar surface area (TPSA) is 83.4 Å². The Hall–Kier alpha value is -2.08. The third-order valence-corrected chi connectivity index (χ3v) is 3.96. The van der Waals surface area contributed by atoms with Crippen LogP contribution in [0.1, 0.15) is 36.5 Å². The molecule has 1 heterocycles. The van der Waals surface area contributed by atoms with Gasteiger partial charge in [0, 0.05) is 0 Å². The van der Waals surface area contributed by atoms with Crippen molar-refractivity contribution in [2.75, 3.05) is 14.2 Å². The van der Waals surface area contributed by atoms with E-state index in [1.54, 1.807) is 14.2 Å². The summed E-state index contributed by atoms with van der Waals surface area (Å²) in [5.74, 6) is 2.56. The van der Waals surface area contributed by atoms with Crippen molar-refractivity contribution in [1.82, 2.24) is 10.1 Å². The van der Waals surface area contributed by atoms with E-state index in [9.17, 15) is 0 Å². The van der Waals surface area contributed by atoms with Crippen LogP contribution in [0.4, 0.5) is 0 Å². The van der Waals surface area contributed by atoms with Gasteiger partial charge in [-0.05, 0) is 37.0 Å². The number of nitrogens with zero attached hydrogens (tertiary/aromatic N) is 2. The zero-order valence-electron chi connectivity index (χ0n) is 12.3. The first-order chi connectivity index (χ1) is 10.1. The van der Waals surface area contributed by atoms with E-state index in [1.807, 2.05) is 18.2 Å². The third kappa shape index (κ3) is 2.58. The molecule has 0 atom stereocenters. The minimum absolute atomic E-state index is 0.390. The fraction of sp³-hybridized carbons (Fsp3) is 0.467. The van der Waals surface area contributed by atoms with Crippen LogP contribution in [0, 0.1) is 0 Å². The minimum Gasteiger partial charge on any atom is -0.493 e. The van der Waals surface area contributed by atoms with Gasteiger partial charge in [0.1, 0.15) is 0 Å². The standard InChI is InChI=1S/C15H19N3O3/c1-19-11-5-4-10(8-12(11)20-2)9-13-17-14(18-21-13)15(16)6-3-7-15/h4-5,8H,3,6-7,9,16H2,1-2H3. The number of benzene rings is 1. The lowest BCUT2D eigenvalue weighted by Crippen LogP contribution is -2.44. The van der Waals surface area contributed by atoms with Crippen molar-refractivity contribution in [3.8, 4) is 11.5 Å². The lowest BCUT2D eigenvalue weighted by Gasteiger charge is -2.34. The molecule has 2 aromatic rings. The molecule has 1 aliphatic rings. The molecule has 0 amide bonds. The number of ether oxygens (including phenoxy) is 2. The first kappa shape index (κ1) is 13.9. The van der Waals surface area contributed by atoms with E-state index in [4.69, 9.17) is 19.7 Å². The van der Waals surface area contributed by atoms with Crippen LogP contribution in [0.2, 0.25) is 0 Å². The number of hydrogen-bond donors (Lipinski definition) is 1. The summed E-state index contributed by atoms with van der Waals surface area (Å²) in [5, 5.41) is 4.02. The van der Waals surface area contributed by atoms with Crippen molar-refractivity contribution in [3.05, 3.63) is 35.5 Å². The normalized spacial score (nSPS) is 16.3. The number of aromatic nitrogens is 2. The Labute approximate surface area is 123 Å². The van der Waals surface area contributed by atoms with Crippen molar-refractivity contribution in [2.24, 2.45) is 5.73 Å². The number of nitrogens with two attached hydrogens (primary N) is 1. The van der Waals surface area contributed by atoms with E-state index in [0.717, 1.165) is 24.8 Å². The van der Waals surface area contributed by atoms with Crippen LogP contribution < -0.4 is 15.2 Å². The Morgan fingerprint density at radius 1 is 1.24 bits per heavy atom. The molecule has 1 aromatic carbocycles. The van der Waals surface area contributed by atoms with Crippen molar-refractivity contribution >= 4 is 0 Å². The number of hydrogen-bond acceptors (Lipinski definition) is 6. The molecule has 0 bridgehead atoms. The second kappa shape index (κ2) is 5.37. The van der Waals surface area contributed by atoms with Gasteiger partial charge >= 0.3 is 0 Å². The van der Waals surface area contributed by atoms with Crippen molar-refractivity contribution in [2.45, 2.75) is 31.2 Å². The van der Waals surface area contributed by atoms with Gasteiger partial charge in [-0.1, -0.05) is 11.2 Å². The van der Waals surface area contributed by atoms with E-state index in [0.29, 0.717) is 29.6 Å². The van der Waals surface area contributed by atoms with Crippen molar-refractivity contribution in [1.29, 1.82) is 0 Å². The molecule has 0 radical (unpaired) electrons. The highest BCUT2D eigenvalue weighted by molar-refractivity contribution is 5.43. The van der Waals surface area contributed by atoms with Crippen LogP contribution in [-0.4, -0.2) is 24.4 Å². The van der Waals surface area contributed by atoms with Crippen molar-refractivity contribution < 1.29 is 14.0 Å². The minimum atomic E-state index is -0.390. The Balaban J connectivity index is 1.77. The molecule has 1 saturated carbocycles. The van der Waals surface area contributed by atoms with E-state index < -0.39 is 0 Å². The summed E-state index contributed by atoms with van der Waals surface area (Å²) in [6.07, 6.45) is 3.50. The smallest absolute Gasteiger partial charge is 0.231 e. The Morgan fingerprint density at radius 3 is 2.62 bits per heavy atom. The lowest BCUT2D eigenvalue weighted by molar-refractivity contribution is 0.229. The molecule has 0 unspecified atom stereocenters. The van der Waals surface area contributed by atoms with E-state index >= 15 is 0 Å². The molecule has 112 valence electrons. The molecule has 0 saturated heterocycles. The van der Waals surface area contributed by atoms with Crippen LogP contribution in [-0.2, 0) is 12.0 Å². The largest absolute Gasteiger partial charge is 0.493 e. The van der Waals surface area contributed by atoms with Gasteiger partial charge in [0.05, 0.1) is 26.2 Å². The monoisotopic (exact) mass is 289 g/mol. The fourth-order valence-electron chi connectivity index (χ4n) is 2.48. The molecule has 0 spiro atoms. The molecule has 1 aromatic heterocycles. The molecule has 3 rings (SSSR count). The second-order valence-electron chi connectivity index (χ2n) is 5.39. The van der Waals surface area contributed by atoms with Gasteiger partial charge in [-0.3, -0.25) is 0 Å². The predicted molar refractivity (Wildman–Crippen MR) is 76.4 cm³/mol. The van der Waals surface area contributed by atoms with Crippen LogP contribution in [0.5, 0.6) is 11.5 Å². The average Bonchev–Trinajstić information content (AvgIpc) is 2.93. The van der Waals surface area contributed by atoms with Gasteiger partial charge in [0.15, 0.2) is 17.3 Å². The summed E-state index contributed by atoms with van der Waals surface area (Å²) in [5.41, 5.74) is 6.82. The summed E-state index contributed by atoms with van der Waals surface area (Å²) in [4.78, 5) is 4.42. The Kier molecular flexibility index (Phi) is 3.55. The van der Waals surface area contributed by atoms with E-state index in [1.165, 1.54) is 0 Å². The fourth-order valence-corrected chi connectivity index (χ4v) is 2.48. The first-order valence-corrected chi connectivity index (χ1v) is 6.97. The number of rotatable bonds is 5. The second-order valence-corrected chi connectivity index (χ2v) is 5.39. The maximum absolute atomic E-state index is 6.19. The third-order valence-electron chi connectivity index (χ3n) is 3.96. The first-order valence-electron chi connectivity index (χ1n) is 6.97. The molecule has 1 aliphatic carbocycles. The van der Waals surface area contributed by atoms with Gasteiger partial charge in [0.2, 0.25) is 5.89 Å². The highest BCUT2D eigenvalue weighted by atomic mass is 16.5. The van der Waals surface area contributed by atoms with Gasteiger partial charge in [0.25, 0.3) is 0 Å². The lowest BCUT2D eigenvalue weighted by atomic mass is 9.77. The van der Waals surface area contributed by atoms with E-state index in [2.05, 4.69) is 10.1 Å². The maximum Gasteiger partial charge on any atom is 0.231 e. The summed E-state index contributed by atoms with van der Waals surface area (Å²) in [6.45, 7) is 0.